The van der Waals surface area contributed by atoms with Gasteiger partial charge in [-0.3, -0.25) is 14.9 Å². The van der Waals surface area contributed by atoms with Crippen LogP contribution in [0.4, 0.5) is 18.9 Å². The number of para-hydroxylation sites is 1. The van der Waals surface area contributed by atoms with Gasteiger partial charge in [0.2, 0.25) is 0 Å². The summed E-state index contributed by atoms with van der Waals surface area (Å²) in [5, 5.41) is 21.6. The number of allylic oxidation sites excluding steroid dienone is 2. The number of halogens is 3. The zero-order valence-electron chi connectivity index (χ0n) is 15.7. The van der Waals surface area contributed by atoms with E-state index in [0.29, 0.717) is 17.1 Å². The summed E-state index contributed by atoms with van der Waals surface area (Å²) in [5.41, 5.74) is -0.831. The third-order valence-corrected chi connectivity index (χ3v) is 5.92. The molecule has 0 radical (unpaired) electrons. The van der Waals surface area contributed by atoms with E-state index in [-0.39, 0.29) is 47.1 Å². The number of thioether (sulfide) groups is 1. The average Bonchev–Trinajstić information content (AvgIpc) is 2.67. The smallest absolute Gasteiger partial charge is 0.416 e. The van der Waals surface area contributed by atoms with Gasteiger partial charge in [-0.25, -0.2) is 0 Å². The van der Waals surface area contributed by atoms with Gasteiger partial charge in [0.25, 0.3) is 5.69 Å². The van der Waals surface area contributed by atoms with E-state index in [0.717, 1.165) is 12.1 Å². The number of Topliss-reactive ketones (excluding diaryl/α,β-unsaturated/α-hetero) is 1. The van der Waals surface area contributed by atoms with Crippen molar-refractivity contribution in [1.82, 2.24) is 0 Å². The molecule has 2 aromatic carbocycles. The number of nitrogens with zero attached hydrogens (tertiary/aromatic N) is 1. The number of ketones is 1. The van der Waals surface area contributed by atoms with Crippen molar-refractivity contribution in [1.29, 1.82) is 0 Å². The Kier molecular flexibility index (Phi) is 6.50. The fourth-order valence-corrected chi connectivity index (χ4v) is 4.43. The lowest BCUT2D eigenvalue weighted by atomic mass is 9.82. The first-order chi connectivity index (χ1) is 14.2. The highest BCUT2D eigenvalue weighted by atomic mass is 32.2. The highest BCUT2D eigenvalue weighted by Crippen LogP contribution is 2.38. The molecule has 0 fully saturated rings. The van der Waals surface area contributed by atoms with Crippen LogP contribution >= 0.6 is 11.8 Å². The number of nitro benzene ring substituents is 1. The minimum atomic E-state index is -4.37. The van der Waals surface area contributed by atoms with Crippen molar-refractivity contribution in [2.24, 2.45) is 5.92 Å². The maximum absolute atomic E-state index is 12.6. The minimum absolute atomic E-state index is 0.00561. The SMILES string of the molecule is O=C1CC(CCSc2ccc(C(F)(F)F)cc2)CC(O)=C1c1ccccc1[N+](=O)[O-]. The van der Waals surface area contributed by atoms with Crippen molar-refractivity contribution in [3.8, 4) is 0 Å². The van der Waals surface area contributed by atoms with Crippen LogP contribution in [0.2, 0.25) is 0 Å². The van der Waals surface area contributed by atoms with Crippen molar-refractivity contribution in [2.45, 2.75) is 30.3 Å². The zero-order valence-corrected chi connectivity index (χ0v) is 16.5. The normalized spacial score (nSPS) is 17.3. The first kappa shape index (κ1) is 21.9. The number of benzene rings is 2. The molecule has 1 atom stereocenters. The van der Waals surface area contributed by atoms with Gasteiger partial charge in [-0.1, -0.05) is 12.1 Å². The van der Waals surface area contributed by atoms with Gasteiger partial charge in [0.05, 0.1) is 21.6 Å². The van der Waals surface area contributed by atoms with Crippen LogP contribution in [0.15, 0.2) is 59.2 Å². The molecule has 0 saturated heterocycles. The number of hydrogen-bond acceptors (Lipinski definition) is 5. The topological polar surface area (TPSA) is 80.4 Å². The second kappa shape index (κ2) is 8.91. The van der Waals surface area contributed by atoms with Crippen LogP contribution in [0, 0.1) is 16.0 Å². The van der Waals surface area contributed by atoms with Crippen molar-refractivity contribution in [2.75, 3.05) is 5.75 Å². The lowest BCUT2D eigenvalue weighted by Crippen LogP contribution is -2.20. The summed E-state index contributed by atoms with van der Waals surface area (Å²) >= 11 is 1.37. The Morgan fingerprint density at radius 1 is 1.10 bits per heavy atom. The van der Waals surface area contributed by atoms with E-state index in [4.69, 9.17) is 0 Å². The largest absolute Gasteiger partial charge is 0.512 e. The second-order valence-corrected chi connectivity index (χ2v) is 8.12. The number of carbonyl (C=O) groups is 1. The summed E-state index contributed by atoms with van der Waals surface area (Å²) in [6, 6.07) is 10.7. The van der Waals surface area contributed by atoms with Crippen LogP contribution in [0.3, 0.4) is 0 Å². The maximum Gasteiger partial charge on any atom is 0.416 e. The predicted molar refractivity (Wildman–Crippen MR) is 107 cm³/mol. The second-order valence-electron chi connectivity index (χ2n) is 6.95. The molecular weight excluding hydrogens is 419 g/mol. The first-order valence-electron chi connectivity index (χ1n) is 9.16. The van der Waals surface area contributed by atoms with E-state index in [1.807, 2.05) is 0 Å². The molecular formula is C21H18F3NO4S. The highest BCUT2D eigenvalue weighted by Gasteiger charge is 2.32. The fraction of sp³-hybridized carbons (Fsp3) is 0.286. The fourth-order valence-electron chi connectivity index (χ4n) is 3.41. The molecule has 0 heterocycles. The van der Waals surface area contributed by atoms with Gasteiger partial charge in [-0.05, 0) is 48.4 Å². The van der Waals surface area contributed by atoms with E-state index in [1.165, 1.54) is 42.1 Å². The molecule has 9 heteroatoms. The molecule has 3 rings (SSSR count). The molecule has 1 unspecified atom stereocenters. The molecule has 2 aromatic rings. The van der Waals surface area contributed by atoms with Crippen molar-refractivity contribution < 1.29 is 28.0 Å². The van der Waals surface area contributed by atoms with Gasteiger partial charge in [0.1, 0.15) is 5.76 Å². The van der Waals surface area contributed by atoms with Crippen LogP contribution in [0.5, 0.6) is 0 Å². The third kappa shape index (κ3) is 5.02. The Morgan fingerprint density at radius 3 is 2.37 bits per heavy atom. The van der Waals surface area contributed by atoms with Crippen LogP contribution in [0.1, 0.15) is 30.4 Å². The summed E-state index contributed by atoms with van der Waals surface area (Å²) in [5.74, 6) is -0.0779. The molecule has 1 aliphatic rings. The van der Waals surface area contributed by atoms with Crippen molar-refractivity contribution >= 4 is 28.8 Å². The van der Waals surface area contributed by atoms with Gasteiger partial charge in [0, 0.05) is 23.8 Å². The quantitative estimate of drug-likeness (QED) is 0.338. The van der Waals surface area contributed by atoms with E-state index >= 15 is 0 Å². The molecule has 0 saturated carbocycles. The Labute approximate surface area is 174 Å². The maximum atomic E-state index is 12.6. The van der Waals surface area contributed by atoms with Crippen LogP contribution in [-0.2, 0) is 11.0 Å². The van der Waals surface area contributed by atoms with Gasteiger partial charge in [0.15, 0.2) is 5.78 Å². The summed E-state index contributed by atoms with van der Waals surface area (Å²) in [7, 11) is 0. The van der Waals surface area contributed by atoms with Gasteiger partial charge >= 0.3 is 6.18 Å². The average molecular weight is 437 g/mol. The molecule has 5 nitrogen and oxygen atoms in total. The molecule has 1 N–H and O–H groups in total. The van der Waals surface area contributed by atoms with E-state index < -0.39 is 16.7 Å². The zero-order chi connectivity index (χ0) is 21.9. The molecule has 0 spiro atoms. The van der Waals surface area contributed by atoms with Crippen LogP contribution < -0.4 is 0 Å². The number of rotatable bonds is 6. The number of hydrogen-bond donors (Lipinski definition) is 1. The number of aliphatic hydroxyl groups is 1. The summed E-state index contributed by atoms with van der Waals surface area (Å²) in [4.78, 5) is 23.9. The number of aliphatic hydroxyl groups excluding tert-OH is 1. The Hall–Kier alpha value is -2.81. The highest BCUT2D eigenvalue weighted by molar-refractivity contribution is 7.99. The lowest BCUT2D eigenvalue weighted by Gasteiger charge is -2.23. The Morgan fingerprint density at radius 2 is 1.77 bits per heavy atom. The summed E-state index contributed by atoms with van der Waals surface area (Å²) < 4.78 is 37.8. The number of carbonyl (C=O) groups excluding carboxylic acids is 1. The van der Waals surface area contributed by atoms with Crippen LogP contribution in [0.25, 0.3) is 5.57 Å². The van der Waals surface area contributed by atoms with E-state index in [2.05, 4.69) is 0 Å². The first-order valence-corrected chi connectivity index (χ1v) is 10.1. The molecule has 1 aliphatic carbocycles. The molecule has 158 valence electrons. The molecule has 0 amide bonds. The lowest BCUT2D eigenvalue weighted by molar-refractivity contribution is -0.385. The summed E-state index contributed by atoms with van der Waals surface area (Å²) in [6.07, 6.45) is -3.42. The molecule has 0 aromatic heterocycles. The van der Waals surface area contributed by atoms with Gasteiger partial charge in [-0.2, -0.15) is 13.2 Å². The van der Waals surface area contributed by atoms with Crippen molar-refractivity contribution in [3.05, 3.63) is 75.5 Å². The van der Waals surface area contributed by atoms with Crippen molar-refractivity contribution in [3.63, 3.8) is 0 Å². The standard InChI is InChI=1S/C21H18F3NO4S/c22-21(23,24)14-5-7-15(8-6-14)30-10-9-13-11-18(26)20(19(27)12-13)16-3-1-2-4-17(16)25(28)29/h1-8,13,26H,9-12H2. The minimum Gasteiger partial charge on any atom is -0.512 e. The van der Waals surface area contributed by atoms with Gasteiger partial charge < -0.3 is 5.11 Å². The predicted octanol–water partition coefficient (Wildman–Crippen LogP) is 6.04. The number of alkyl halides is 3. The monoisotopic (exact) mass is 437 g/mol. The summed E-state index contributed by atoms with van der Waals surface area (Å²) in [6.45, 7) is 0. The Balaban J connectivity index is 1.63. The third-order valence-electron chi connectivity index (χ3n) is 4.87. The number of nitro groups is 1. The molecule has 0 aliphatic heterocycles. The molecule has 30 heavy (non-hydrogen) atoms. The van der Waals surface area contributed by atoms with Gasteiger partial charge in [-0.15, -0.1) is 11.8 Å². The van der Waals surface area contributed by atoms with E-state index in [9.17, 15) is 33.2 Å². The van der Waals surface area contributed by atoms with E-state index in [1.54, 1.807) is 6.07 Å². The van der Waals surface area contributed by atoms with Crippen LogP contribution in [-0.4, -0.2) is 21.6 Å². The Bertz CT molecular complexity index is 986. The molecule has 0 bridgehead atoms.